The third-order valence-electron chi connectivity index (χ3n) is 2.65. The number of nitrogens with one attached hydrogen (secondary N) is 1. The summed E-state index contributed by atoms with van der Waals surface area (Å²) in [4.78, 5) is 11.0. The monoisotopic (exact) mass is 256 g/mol. The van der Waals surface area contributed by atoms with Crippen molar-refractivity contribution in [3.63, 3.8) is 0 Å². The summed E-state index contributed by atoms with van der Waals surface area (Å²) >= 11 is 0. The SMILES string of the molecule is CNCc1cccc(Oc2ccc(C(N)=O)cc2)c1. The smallest absolute Gasteiger partial charge is 0.248 e. The second-order valence-electron chi connectivity index (χ2n) is 4.17. The minimum Gasteiger partial charge on any atom is -0.457 e. The molecule has 0 atom stereocenters. The van der Waals surface area contributed by atoms with E-state index in [0.29, 0.717) is 11.3 Å². The summed E-state index contributed by atoms with van der Waals surface area (Å²) in [5.41, 5.74) is 6.80. The van der Waals surface area contributed by atoms with E-state index >= 15 is 0 Å². The molecule has 4 nitrogen and oxygen atoms in total. The number of benzene rings is 2. The van der Waals surface area contributed by atoms with Gasteiger partial charge in [-0.05, 0) is 49.0 Å². The van der Waals surface area contributed by atoms with Gasteiger partial charge in [-0.1, -0.05) is 12.1 Å². The summed E-state index contributed by atoms with van der Waals surface area (Å²) in [6.07, 6.45) is 0. The predicted molar refractivity (Wildman–Crippen MR) is 74.2 cm³/mol. The summed E-state index contributed by atoms with van der Waals surface area (Å²) in [6.45, 7) is 0.789. The van der Waals surface area contributed by atoms with Crippen LogP contribution >= 0.6 is 0 Å². The van der Waals surface area contributed by atoms with Gasteiger partial charge in [-0.3, -0.25) is 4.79 Å². The maximum atomic E-state index is 11.0. The quantitative estimate of drug-likeness (QED) is 0.862. The fraction of sp³-hybridized carbons (Fsp3) is 0.133. The minimum atomic E-state index is -0.442. The minimum absolute atomic E-state index is 0.442. The zero-order chi connectivity index (χ0) is 13.7. The first kappa shape index (κ1) is 13.1. The van der Waals surface area contributed by atoms with Crippen molar-refractivity contribution in [1.82, 2.24) is 5.32 Å². The van der Waals surface area contributed by atoms with Gasteiger partial charge in [0.2, 0.25) is 5.91 Å². The lowest BCUT2D eigenvalue weighted by Crippen LogP contribution is -2.10. The highest BCUT2D eigenvalue weighted by Crippen LogP contribution is 2.22. The molecule has 4 heteroatoms. The number of hydrogen-bond acceptors (Lipinski definition) is 3. The van der Waals surface area contributed by atoms with Gasteiger partial charge in [0, 0.05) is 12.1 Å². The van der Waals surface area contributed by atoms with Crippen LogP contribution < -0.4 is 15.8 Å². The van der Waals surface area contributed by atoms with Crippen molar-refractivity contribution in [3.05, 3.63) is 59.7 Å². The van der Waals surface area contributed by atoms with Crippen LogP contribution in [0.15, 0.2) is 48.5 Å². The van der Waals surface area contributed by atoms with Crippen LogP contribution in [-0.2, 0) is 6.54 Å². The van der Waals surface area contributed by atoms with Crippen LogP contribution in [0, 0.1) is 0 Å². The Bertz CT molecular complexity index is 565. The van der Waals surface area contributed by atoms with Crippen LogP contribution in [-0.4, -0.2) is 13.0 Å². The summed E-state index contributed by atoms with van der Waals surface area (Å²) < 4.78 is 5.72. The Morgan fingerprint density at radius 1 is 1.16 bits per heavy atom. The van der Waals surface area contributed by atoms with Crippen LogP contribution in [0.25, 0.3) is 0 Å². The lowest BCUT2D eigenvalue weighted by atomic mass is 10.2. The first-order valence-electron chi connectivity index (χ1n) is 6.00. The van der Waals surface area contributed by atoms with E-state index in [1.807, 2.05) is 31.3 Å². The number of primary amides is 1. The Kier molecular flexibility index (Phi) is 4.15. The summed E-state index contributed by atoms with van der Waals surface area (Å²) in [6, 6.07) is 14.6. The fourth-order valence-electron chi connectivity index (χ4n) is 1.75. The lowest BCUT2D eigenvalue weighted by molar-refractivity contribution is 0.100. The van der Waals surface area contributed by atoms with Gasteiger partial charge in [0.1, 0.15) is 11.5 Å². The molecule has 1 amide bonds. The maximum absolute atomic E-state index is 11.0. The van der Waals surface area contributed by atoms with E-state index in [1.54, 1.807) is 24.3 Å². The van der Waals surface area contributed by atoms with Gasteiger partial charge in [-0.15, -0.1) is 0 Å². The van der Waals surface area contributed by atoms with Gasteiger partial charge in [0.15, 0.2) is 0 Å². The Balaban J connectivity index is 2.12. The predicted octanol–water partition coefficient (Wildman–Crippen LogP) is 2.30. The molecule has 0 aliphatic rings. The number of carbonyl (C=O) groups is 1. The molecule has 0 fully saturated rings. The van der Waals surface area contributed by atoms with E-state index in [2.05, 4.69) is 5.32 Å². The van der Waals surface area contributed by atoms with E-state index in [0.717, 1.165) is 17.9 Å². The fourth-order valence-corrected chi connectivity index (χ4v) is 1.75. The molecular weight excluding hydrogens is 240 g/mol. The normalized spacial score (nSPS) is 10.2. The summed E-state index contributed by atoms with van der Waals surface area (Å²) in [5.74, 6) is 0.994. The molecule has 0 aliphatic carbocycles. The maximum Gasteiger partial charge on any atom is 0.248 e. The Labute approximate surface area is 112 Å². The van der Waals surface area contributed by atoms with Crippen LogP contribution in [0.3, 0.4) is 0 Å². The average molecular weight is 256 g/mol. The van der Waals surface area contributed by atoms with E-state index in [-0.39, 0.29) is 0 Å². The molecule has 98 valence electrons. The summed E-state index contributed by atoms with van der Waals surface area (Å²) in [7, 11) is 1.90. The van der Waals surface area contributed by atoms with Gasteiger partial charge in [0.05, 0.1) is 0 Å². The molecule has 0 aliphatic heterocycles. The van der Waals surface area contributed by atoms with Gasteiger partial charge in [-0.2, -0.15) is 0 Å². The topological polar surface area (TPSA) is 64.3 Å². The van der Waals surface area contributed by atoms with Crippen molar-refractivity contribution >= 4 is 5.91 Å². The van der Waals surface area contributed by atoms with Crippen molar-refractivity contribution in [2.45, 2.75) is 6.54 Å². The van der Waals surface area contributed by atoms with Gasteiger partial charge in [0.25, 0.3) is 0 Å². The zero-order valence-electron chi connectivity index (χ0n) is 10.7. The molecule has 19 heavy (non-hydrogen) atoms. The van der Waals surface area contributed by atoms with Crippen molar-refractivity contribution < 1.29 is 9.53 Å². The Morgan fingerprint density at radius 3 is 2.53 bits per heavy atom. The zero-order valence-corrected chi connectivity index (χ0v) is 10.7. The molecule has 0 saturated heterocycles. The molecule has 0 aromatic heterocycles. The number of carbonyl (C=O) groups excluding carboxylic acids is 1. The van der Waals surface area contributed by atoms with Gasteiger partial charge in [-0.25, -0.2) is 0 Å². The van der Waals surface area contributed by atoms with Crippen LogP contribution in [0.2, 0.25) is 0 Å². The second kappa shape index (κ2) is 6.02. The number of amides is 1. The first-order chi connectivity index (χ1) is 9.19. The van der Waals surface area contributed by atoms with Crippen molar-refractivity contribution in [2.24, 2.45) is 5.73 Å². The van der Waals surface area contributed by atoms with Crippen LogP contribution in [0.5, 0.6) is 11.5 Å². The molecule has 0 spiro atoms. The van der Waals surface area contributed by atoms with E-state index in [1.165, 1.54) is 0 Å². The second-order valence-corrected chi connectivity index (χ2v) is 4.17. The Hall–Kier alpha value is -2.33. The van der Waals surface area contributed by atoms with E-state index in [9.17, 15) is 4.79 Å². The summed E-state index contributed by atoms with van der Waals surface area (Å²) in [5, 5.41) is 3.09. The molecule has 0 saturated carbocycles. The molecule has 0 radical (unpaired) electrons. The lowest BCUT2D eigenvalue weighted by Gasteiger charge is -2.08. The van der Waals surface area contributed by atoms with Gasteiger partial charge < -0.3 is 15.8 Å². The molecule has 0 bridgehead atoms. The standard InChI is InChI=1S/C15H16N2O2/c1-17-10-11-3-2-4-14(9-11)19-13-7-5-12(6-8-13)15(16)18/h2-9,17H,10H2,1H3,(H2,16,18). The third-order valence-corrected chi connectivity index (χ3v) is 2.65. The molecule has 2 rings (SSSR count). The molecular formula is C15H16N2O2. The van der Waals surface area contributed by atoms with Gasteiger partial charge >= 0.3 is 0 Å². The number of rotatable bonds is 5. The highest BCUT2D eigenvalue weighted by Gasteiger charge is 2.02. The number of nitrogens with two attached hydrogens (primary N) is 1. The first-order valence-corrected chi connectivity index (χ1v) is 6.00. The highest BCUT2D eigenvalue weighted by molar-refractivity contribution is 5.92. The molecule has 2 aromatic carbocycles. The van der Waals surface area contributed by atoms with Crippen molar-refractivity contribution in [1.29, 1.82) is 0 Å². The van der Waals surface area contributed by atoms with Crippen LogP contribution in [0.4, 0.5) is 0 Å². The molecule has 0 unspecified atom stereocenters. The largest absolute Gasteiger partial charge is 0.457 e. The Morgan fingerprint density at radius 2 is 1.89 bits per heavy atom. The van der Waals surface area contributed by atoms with E-state index < -0.39 is 5.91 Å². The van der Waals surface area contributed by atoms with Crippen molar-refractivity contribution in [3.8, 4) is 11.5 Å². The average Bonchev–Trinajstić information content (AvgIpc) is 2.40. The van der Waals surface area contributed by atoms with Crippen LogP contribution in [0.1, 0.15) is 15.9 Å². The number of hydrogen-bond donors (Lipinski definition) is 2. The molecule has 2 aromatic rings. The van der Waals surface area contributed by atoms with E-state index in [4.69, 9.17) is 10.5 Å². The molecule has 3 N–H and O–H groups in total. The third kappa shape index (κ3) is 3.56. The number of ether oxygens (including phenoxy) is 1. The highest BCUT2D eigenvalue weighted by atomic mass is 16.5. The van der Waals surface area contributed by atoms with Crippen molar-refractivity contribution in [2.75, 3.05) is 7.05 Å². The molecule has 0 heterocycles.